The van der Waals surface area contributed by atoms with Gasteiger partial charge in [0.15, 0.2) is 23.5 Å². The van der Waals surface area contributed by atoms with Gasteiger partial charge in [0.2, 0.25) is 5.91 Å². The Morgan fingerprint density at radius 2 is 1.93 bits per heavy atom. The molecule has 2 amide bonds. The molecule has 0 saturated carbocycles. The smallest absolute Gasteiger partial charge is 0.269 e. The molecule has 3 rings (SSSR count). The van der Waals surface area contributed by atoms with E-state index in [0.717, 1.165) is 0 Å². The van der Waals surface area contributed by atoms with Crippen molar-refractivity contribution in [1.82, 2.24) is 4.98 Å². The van der Waals surface area contributed by atoms with Crippen LogP contribution in [0.15, 0.2) is 36.4 Å². The zero-order chi connectivity index (χ0) is 19.6. The number of amides is 2. The minimum Gasteiger partial charge on any atom is -0.477 e. The van der Waals surface area contributed by atoms with Gasteiger partial charge in [-0.2, -0.15) is 0 Å². The first-order valence-electron chi connectivity index (χ1n) is 8.54. The fourth-order valence-electron chi connectivity index (χ4n) is 2.81. The number of benzene rings is 1. The highest BCUT2D eigenvalue weighted by molar-refractivity contribution is 6.08. The van der Waals surface area contributed by atoms with Crippen LogP contribution >= 0.6 is 0 Å². The Kier molecular flexibility index (Phi) is 5.07. The third kappa shape index (κ3) is 3.89. The lowest BCUT2D eigenvalue weighted by Gasteiger charge is -2.32. The Morgan fingerprint density at radius 3 is 2.56 bits per heavy atom. The minimum atomic E-state index is -0.669. The van der Waals surface area contributed by atoms with Gasteiger partial charge in [-0.25, -0.2) is 4.98 Å². The average molecular weight is 368 g/mol. The van der Waals surface area contributed by atoms with Crippen LogP contribution in [-0.2, 0) is 9.59 Å². The van der Waals surface area contributed by atoms with Gasteiger partial charge in [0.05, 0.1) is 6.54 Å². The summed E-state index contributed by atoms with van der Waals surface area (Å²) in [5.74, 6) is 0.115. The van der Waals surface area contributed by atoms with Crippen molar-refractivity contribution in [2.45, 2.75) is 26.4 Å². The second kappa shape index (κ2) is 7.45. The third-order valence-electron chi connectivity index (χ3n) is 4.13. The van der Waals surface area contributed by atoms with Gasteiger partial charge in [-0.1, -0.05) is 6.92 Å². The Hall–Kier alpha value is -3.42. The van der Waals surface area contributed by atoms with Crippen LogP contribution in [0.3, 0.4) is 0 Å². The quantitative estimate of drug-likeness (QED) is 0.780. The van der Waals surface area contributed by atoms with Crippen LogP contribution in [-0.4, -0.2) is 35.2 Å². The number of anilines is 3. The van der Waals surface area contributed by atoms with Gasteiger partial charge in [-0.3, -0.25) is 19.3 Å². The van der Waals surface area contributed by atoms with Crippen molar-refractivity contribution in [2.75, 3.05) is 22.5 Å². The summed E-state index contributed by atoms with van der Waals surface area (Å²) in [5.41, 5.74) is 6.74. The fraction of sp³-hybridized carbons (Fsp3) is 0.263. The summed E-state index contributed by atoms with van der Waals surface area (Å²) < 4.78 is 5.66. The Bertz CT molecular complexity index is 895. The van der Waals surface area contributed by atoms with Crippen LogP contribution in [0.5, 0.6) is 5.75 Å². The summed E-state index contributed by atoms with van der Waals surface area (Å²) in [6, 6.07) is 9.70. The van der Waals surface area contributed by atoms with E-state index >= 15 is 0 Å². The first-order chi connectivity index (χ1) is 12.9. The topological polar surface area (TPSA) is 115 Å². The van der Waals surface area contributed by atoms with Crippen LogP contribution in [0.4, 0.5) is 17.3 Å². The van der Waals surface area contributed by atoms with E-state index in [4.69, 9.17) is 10.5 Å². The van der Waals surface area contributed by atoms with Gasteiger partial charge in [-0.15, -0.1) is 0 Å². The minimum absolute atomic E-state index is 0.179. The molecule has 1 atom stereocenters. The summed E-state index contributed by atoms with van der Waals surface area (Å²) in [4.78, 5) is 42.0. The predicted octanol–water partition coefficient (Wildman–Crippen LogP) is 2.01. The van der Waals surface area contributed by atoms with Gasteiger partial charge < -0.3 is 15.8 Å². The molecule has 0 saturated heterocycles. The van der Waals surface area contributed by atoms with Crippen molar-refractivity contribution in [1.29, 1.82) is 0 Å². The maximum Gasteiger partial charge on any atom is 0.269 e. The maximum absolute atomic E-state index is 12.7. The first-order valence-corrected chi connectivity index (χ1v) is 8.54. The number of carbonyl (C=O) groups is 3. The molecule has 0 bridgehead atoms. The van der Waals surface area contributed by atoms with E-state index in [9.17, 15) is 14.4 Å². The van der Waals surface area contributed by atoms with Crippen LogP contribution < -0.4 is 20.7 Å². The summed E-state index contributed by atoms with van der Waals surface area (Å²) >= 11 is 0. The number of nitrogens with two attached hydrogens (primary N) is 1. The highest BCUT2D eigenvalue weighted by Gasteiger charge is 2.35. The van der Waals surface area contributed by atoms with Gasteiger partial charge in [-0.05, 0) is 42.8 Å². The van der Waals surface area contributed by atoms with Crippen molar-refractivity contribution >= 4 is 34.9 Å². The lowest BCUT2D eigenvalue weighted by molar-refractivity contribution is -0.126. The molecule has 2 aromatic rings. The van der Waals surface area contributed by atoms with E-state index in [2.05, 4.69) is 10.3 Å². The second-order valence-corrected chi connectivity index (χ2v) is 6.18. The Balaban J connectivity index is 1.85. The molecule has 8 nitrogen and oxygen atoms in total. The molecule has 1 aromatic heterocycles. The number of Topliss-reactive ketones (excluding diaryl/α,β-unsaturated/α-hetero) is 1. The average Bonchev–Trinajstić information content (AvgIpc) is 2.64. The fourth-order valence-corrected chi connectivity index (χ4v) is 2.81. The molecular weight excluding hydrogens is 348 g/mol. The van der Waals surface area contributed by atoms with Gasteiger partial charge >= 0.3 is 0 Å². The monoisotopic (exact) mass is 368 g/mol. The predicted molar refractivity (Wildman–Crippen MR) is 101 cm³/mol. The van der Waals surface area contributed by atoms with E-state index in [0.29, 0.717) is 23.4 Å². The molecule has 0 aliphatic carbocycles. The number of carbonyl (C=O) groups excluding carboxylic acids is 3. The standard InChI is InChI=1S/C19H20N4O4/c1-3-15-19(26)23(18-16(27-15)8-9-17(20)22-18)10-14(25)12-4-6-13(7-5-12)21-11(2)24/h4-9,15H,3,10H2,1-2H3,(H2,20,22)(H,21,24). The van der Waals surface area contributed by atoms with Gasteiger partial charge in [0.1, 0.15) is 5.82 Å². The van der Waals surface area contributed by atoms with Crippen molar-refractivity contribution in [2.24, 2.45) is 0 Å². The Morgan fingerprint density at radius 1 is 1.22 bits per heavy atom. The molecule has 0 fully saturated rings. The van der Waals surface area contributed by atoms with E-state index in [1.54, 1.807) is 36.4 Å². The summed E-state index contributed by atoms with van der Waals surface area (Å²) in [7, 11) is 0. The second-order valence-electron chi connectivity index (χ2n) is 6.18. The summed E-state index contributed by atoms with van der Waals surface area (Å²) in [5, 5.41) is 2.64. The van der Waals surface area contributed by atoms with E-state index in [1.165, 1.54) is 11.8 Å². The zero-order valence-electron chi connectivity index (χ0n) is 15.1. The number of hydrogen-bond acceptors (Lipinski definition) is 6. The molecule has 140 valence electrons. The number of nitrogens with one attached hydrogen (secondary N) is 1. The van der Waals surface area contributed by atoms with Crippen LogP contribution in [0, 0.1) is 0 Å². The molecule has 0 spiro atoms. The highest BCUT2D eigenvalue weighted by Crippen LogP contribution is 2.33. The number of ether oxygens (including phenoxy) is 1. The summed E-state index contributed by atoms with van der Waals surface area (Å²) in [6.45, 7) is 3.06. The zero-order valence-corrected chi connectivity index (χ0v) is 15.1. The van der Waals surface area contributed by atoms with Crippen LogP contribution in [0.2, 0.25) is 0 Å². The molecule has 1 aromatic carbocycles. The largest absolute Gasteiger partial charge is 0.477 e. The van der Waals surface area contributed by atoms with Crippen molar-refractivity contribution in [3.05, 3.63) is 42.0 Å². The van der Waals surface area contributed by atoms with Gasteiger partial charge in [0, 0.05) is 18.2 Å². The number of nitrogens with zero attached hydrogens (tertiary/aromatic N) is 2. The van der Waals surface area contributed by atoms with Crippen molar-refractivity contribution in [3.63, 3.8) is 0 Å². The number of nitrogen functional groups attached to an aromatic ring is 1. The van der Waals surface area contributed by atoms with E-state index in [-0.39, 0.29) is 35.8 Å². The normalized spacial score (nSPS) is 15.7. The lowest BCUT2D eigenvalue weighted by Crippen LogP contribution is -2.48. The van der Waals surface area contributed by atoms with E-state index in [1.807, 2.05) is 6.92 Å². The molecule has 27 heavy (non-hydrogen) atoms. The highest BCUT2D eigenvalue weighted by atomic mass is 16.5. The number of pyridine rings is 1. The van der Waals surface area contributed by atoms with Crippen molar-refractivity contribution in [3.8, 4) is 5.75 Å². The first kappa shape index (κ1) is 18.4. The molecule has 8 heteroatoms. The Labute approximate surface area is 156 Å². The SMILES string of the molecule is CCC1Oc2ccc(N)nc2N(CC(=O)c2ccc(NC(C)=O)cc2)C1=O. The third-order valence-corrected chi connectivity index (χ3v) is 4.13. The number of aromatic nitrogens is 1. The van der Waals surface area contributed by atoms with Crippen LogP contribution in [0.25, 0.3) is 0 Å². The number of fused-ring (bicyclic) bond motifs is 1. The molecule has 1 aliphatic rings. The molecule has 1 aliphatic heterocycles. The van der Waals surface area contributed by atoms with Crippen LogP contribution in [0.1, 0.15) is 30.6 Å². The molecular formula is C19H20N4O4. The van der Waals surface area contributed by atoms with Crippen molar-refractivity contribution < 1.29 is 19.1 Å². The molecule has 2 heterocycles. The molecule has 1 unspecified atom stereocenters. The molecule has 0 radical (unpaired) electrons. The lowest BCUT2D eigenvalue weighted by atomic mass is 10.1. The van der Waals surface area contributed by atoms with E-state index < -0.39 is 6.10 Å². The molecule has 3 N–H and O–H groups in total. The maximum atomic E-state index is 12.7. The summed E-state index contributed by atoms with van der Waals surface area (Å²) in [6.07, 6.45) is -0.198. The number of hydrogen-bond donors (Lipinski definition) is 2. The number of rotatable bonds is 5. The van der Waals surface area contributed by atoms with Gasteiger partial charge in [0.25, 0.3) is 5.91 Å². The number of ketones is 1.